The molecule has 1 amide bonds. The van der Waals surface area contributed by atoms with Crippen LogP contribution < -0.4 is 14.2 Å². The van der Waals surface area contributed by atoms with Crippen LogP contribution in [0, 0.1) is 0 Å². The van der Waals surface area contributed by atoms with E-state index in [2.05, 4.69) is 4.72 Å². The van der Waals surface area contributed by atoms with Gasteiger partial charge in [0.2, 0.25) is 0 Å². The van der Waals surface area contributed by atoms with Crippen LogP contribution in [-0.4, -0.2) is 45.5 Å². The fraction of sp³-hybridized carbons (Fsp3) is 0.381. The number of nitrogens with zero attached hydrogens (tertiary/aromatic N) is 1. The van der Waals surface area contributed by atoms with E-state index >= 15 is 0 Å². The van der Waals surface area contributed by atoms with Gasteiger partial charge in [-0.1, -0.05) is 0 Å². The highest BCUT2D eigenvalue weighted by Gasteiger charge is 2.25. The second kappa shape index (κ2) is 8.73. The number of anilines is 1. The second-order valence-electron chi connectivity index (χ2n) is 7.16. The van der Waals surface area contributed by atoms with E-state index in [1.165, 1.54) is 25.3 Å². The number of methoxy groups -OCH3 is 1. The maximum absolute atomic E-state index is 12.9. The first-order valence-electron chi connectivity index (χ1n) is 9.57. The van der Waals surface area contributed by atoms with Gasteiger partial charge in [-0.05, 0) is 69.2 Å². The zero-order chi connectivity index (χ0) is 21.0. The summed E-state index contributed by atoms with van der Waals surface area (Å²) in [5.41, 5.74) is 0.655. The van der Waals surface area contributed by atoms with Gasteiger partial charge in [0.05, 0.1) is 23.7 Å². The van der Waals surface area contributed by atoms with E-state index in [4.69, 9.17) is 9.47 Å². The molecule has 0 radical (unpaired) electrons. The van der Waals surface area contributed by atoms with Gasteiger partial charge in [0.1, 0.15) is 11.5 Å². The van der Waals surface area contributed by atoms with E-state index in [1.807, 2.05) is 13.8 Å². The van der Waals surface area contributed by atoms with Crippen molar-refractivity contribution in [2.24, 2.45) is 0 Å². The molecule has 1 aliphatic heterocycles. The second-order valence-corrected chi connectivity index (χ2v) is 8.84. The van der Waals surface area contributed by atoms with Crippen LogP contribution in [0.2, 0.25) is 0 Å². The molecule has 156 valence electrons. The van der Waals surface area contributed by atoms with Crippen LogP contribution in [0.3, 0.4) is 0 Å². The zero-order valence-electron chi connectivity index (χ0n) is 16.8. The molecule has 0 aliphatic carbocycles. The summed E-state index contributed by atoms with van der Waals surface area (Å²) >= 11 is 0. The average molecular weight is 419 g/mol. The number of sulfonamides is 1. The molecule has 0 saturated carbocycles. The number of rotatable bonds is 7. The van der Waals surface area contributed by atoms with Crippen LogP contribution in [0.5, 0.6) is 11.5 Å². The molecule has 7 nitrogen and oxygen atoms in total. The van der Waals surface area contributed by atoms with Crippen molar-refractivity contribution < 1.29 is 22.7 Å². The molecular weight excluding hydrogens is 392 g/mol. The zero-order valence-corrected chi connectivity index (χ0v) is 17.7. The predicted octanol–water partition coefficient (Wildman–Crippen LogP) is 3.52. The average Bonchev–Trinajstić information content (AvgIpc) is 3.22. The number of amides is 1. The van der Waals surface area contributed by atoms with Gasteiger partial charge in [-0.15, -0.1) is 0 Å². The molecule has 1 saturated heterocycles. The summed E-state index contributed by atoms with van der Waals surface area (Å²) in [6.07, 6.45) is 1.93. The highest BCUT2D eigenvalue weighted by atomic mass is 32.2. The van der Waals surface area contributed by atoms with E-state index < -0.39 is 10.0 Å². The summed E-state index contributed by atoms with van der Waals surface area (Å²) in [4.78, 5) is 14.5. The molecule has 0 unspecified atom stereocenters. The Labute approximate surface area is 171 Å². The molecule has 0 spiro atoms. The van der Waals surface area contributed by atoms with Crippen molar-refractivity contribution in [1.29, 1.82) is 0 Å². The number of hydrogen-bond acceptors (Lipinski definition) is 5. The number of carbonyl (C=O) groups excluding carboxylic acids is 1. The maximum Gasteiger partial charge on any atom is 0.261 e. The van der Waals surface area contributed by atoms with Gasteiger partial charge in [0.25, 0.3) is 15.9 Å². The van der Waals surface area contributed by atoms with Crippen molar-refractivity contribution in [3.05, 3.63) is 48.0 Å². The number of hydrogen-bond donors (Lipinski definition) is 1. The summed E-state index contributed by atoms with van der Waals surface area (Å²) in [5.74, 6) is 0.800. The molecule has 0 atom stereocenters. The number of nitrogens with one attached hydrogen (secondary N) is 1. The van der Waals surface area contributed by atoms with E-state index in [1.54, 1.807) is 29.2 Å². The first-order valence-corrected chi connectivity index (χ1v) is 11.1. The standard InChI is InChI=1S/C21H26N2O5S/c1-15(2)28-17-8-6-16(7-9-17)22-29(25,26)18-10-11-20(27-3)19(14-18)21(24)23-12-4-5-13-23/h6-11,14-15,22H,4-5,12-13H2,1-3H3. The summed E-state index contributed by atoms with van der Waals surface area (Å²) in [5, 5.41) is 0. The lowest BCUT2D eigenvalue weighted by molar-refractivity contribution is 0.0789. The monoisotopic (exact) mass is 418 g/mol. The number of ether oxygens (including phenoxy) is 2. The quantitative estimate of drug-likeness (QED) is 0.744. The minimum atomic E-state index is -3.87. The topological polar surface area (TPSA) is 84.9 Å². The minimum Gasteiger partial charge on any atom is -0.496 e. The van der Waals surface area contributed by atoms with Gasteiger partial charge in [0, 0.05) is 18.8 Å². The summed E-state index contributed by atoms with van der Waals surface area (Å²) in [7, 11) is -2.41. The Morgan fingerprint density at radius 2 is 1.72 bits per heavy atom. The highest BCUT2D eigenvalue weighted by Crippen LogP contribution is 2.27. The summed E-state index contributed by atoms with van der Waals surface area (Å²) < 4.78 is 39.1. The van der Waals surface area contributed by atoms with Crippen LogP contribution in [0.1, 0.15) is 37.0 Å². The molecule has 29 heavy (non-hydrogen) atoms. The van der Waals surface area contributed by atoms with Gasteiger partial charge in [0.15, 0.2) is 0 Å². The number of likely N-dealkylation sites (tertiary alicyclic amines) is 1. The van der Waals surface area contributed by atoms with Gasteiger partial charge in [-0.3, -0.25) is 9.52 Å². The Morgan fingerprint density at radius 1 is 1.07 bits per heavy atom. The van der Waals surface area contributed by atoms with E-state index in [0.717, 1.165) is 12.8 Å². The summed E-state index contributed by atoms with van der Waals surface area (Å²) in [6, 6.07) is 11.0. The third kappa shape index (κ3) is 5.00. The van der Waals surface area contributed by atoms with E-state index in [9.17, 15) is 13.2 Å². The SMILES string of the molecule is COc1ccc(S(=O)(=O)Nc2ccc(OC(C)C)cc2)cc1C(=O)N1CCCC1. The maximum atomic E-state index is 12.9. The fourth-order valence-corrected chi connectivity index (χ4v) is 4.28. The first-order chi connectivity index (χ1) is 13.8. The molecule has 1 heterocycles. The van der Waals surface area contributed by atoms with Gasteiger partial charge in [-0.25, -0.2) is 8.42 Å². The Bertz CT molecular complexity index is 965. The lowest BCUT2D eigenvalue weighted by Gasteiger charge is -2.18. The lowest BCUT2D eigenvalue weighted by Crippen LogP contribution is -2.28. The van der Waals surface area contributed by atoms with Crippen LogP contribution in [0.15, 0.2) is 47.4 Å². The number of benzene rings is 2. The summed E-state index contributed by atoms with van der Waals surface area (Å²) in [6.45, 7) is 5.17. The number of carbonyl (C=O) groups is 1. The van der Waals surface area contributed by atoms with Crippen molar-refractivity contribution in [3.8, 4) is 11.5 Å². The van der Waals surface area contributed by atoms with Gasteiger partial charge in [-0.2, -0.15) is 0 Å². The molecule has 8 heteroatoms. The van der Waals surface area contributed by atoms with Crippen LogP contribution in [0.4, 0.5) is 5.69 Å². The molecule has 2 aromatic rings. The van der Waals surface area contributed by atoms with Crippen molar-refractivity contribution in [2.75, 3.05) is 24.9 Å². The van der Waals surface area contributed by atoms with Crippen LogP contribution in [-0.2, 0) is 10.0 Å². The van der Waals surface area contributed by atoms with Crippen LogP contribution in [0.25, 0.3) is 0 Å². The van der Waals surface area contributed by atoms with E-state index in [0.29, 0.717) is 30.3 Å². The Kier molecular flexibility index (Phi) is 6.32. The van der Waals surface area contributed by atoms with Crippen molar-refractivity contribution >= 4 is 21.6 Å². The molecule has 0 bridgehead atoms. The molecule has 3 rings (SSSR count). The Morgan fingerprint density at radius 3 is 2.31 bits per heavy atom. The third-order valence-corrected chi connectivity index (χ3v) is 5.96. The molecule has 1 aliphatic rings. The van der Waals surface area contributed by atoms with Gasteiger partial charge >= 0.3 is 0 Å². The molecule has 1 N–H and O–H groups in total. The normalized spacial score (nSPS) is 14.1. The van der Waals surface area contributed by atoms with E-state index in [-0.39, 0.29) is 22.5 Å². The van der Waals surface area contributed by atoms with Crippen molar-refractivity contribution in [3.63, 3.8) is 0 Å². The Balaban J connectivity index is 1.84. The largest absolute Gasteiger partial charge is 0.496 e. The lowest BCUT2D eigenvalue weighted by atomic mass is 10.1. The van der Waals surface area contributed by atoms with Gasteiger partial charge < -0.3 is 14.4 Å². The predicted molar refractivity (Wildman–Crippen MR) is 111 cm³/mol. The molecular formula is C21H26N2O5S. The molecule has 0 aromatic heterocycles. The first kappa shape index (κ1) is 21.0. The molecule has 2 aromatic carbocycles. The Hall–Kier alpha value is -2.74. The smallest absolute Gasteiger partial charge is 0.261 e. The van der Waals surface area contributed by atoms with Crippen molar-refractivity contribution in [2.45, 2.75) is 37.7 Å². The van der Waals surface area contributed by atoms with Crippen molar-refractivity contribution in [1.82, 2.24) is 4.90 Å². The molecule has 1 fully saturated rings. The fourth-order valence-electron chi connectivity index (χ4n) is 3.20. The van der Waals surface area contributed by atoms with Crippen LogP contribution >= 0.6 is 0 Å². The third-order valence-electron chi connectivity index (χ3n) is 4.58. The highest BCUT2D eigenvalue weighted by molar-refractivity contribution is 7.92. The minimum absolute atomic E-state index is 0.00311.